The lowest BCUT2D eigenvalue weighted by Gasteiger charge is -2.40. The van der Waals surface area contributed by atoms with Gasteiger partial charge in [-0.1, -0.05) is 19.3 Å². The lowest BCUT2D eigenvalue weighted by atomic mass is 9.78. The van der Waals surface area contributed by atoms with Crippen molar-refractivity contribution < 1.29 is 31.4 Å². The summed E-state index contributed by atoms with van der Waals surface area (Å²) in [6.45, 7) is 0. The van der Waals surface area contributed by atoms with Crippen LogP contribution >= 0.6 is 0 Å². The van der Waals surface area contributed by atoms with Gasteiger partial charge in [-0.05, 0) is 12.8 Å². The number of aliphatic hydroxyl groups is 1. The van der Waals surface area contributed by atoms with Gasteiger partial charge in [0.25, 0.3) is 6.17 Å². The zero-order valence-electron chi connectivity index (χ0n) is 8.33. The zero-order chi connectivity index (χ0) is 12.6. The Morgan fingerprint density at radius 1 is 0.938 bits per heavy atom. The lowest BCUT2D eigenvalue weighted by molar-refractivity contribution is -0.298. The molecule has 0 amide bonds. The van der Waals surface area contributed by atoms with Crippen molar-refractivity contribution in [1.82, 2.24) is 0 Å². The van der Waals surface area contributed by atoms with E-state index >= 15 is 0 Å². The van der Waals surface area contributed by atoms with E-state index < -0.39 is 36.7 Å². The average Bonchev–Trinajstić information content (AvgIpc) is 2.16. The highest BCUT2D eigenvalue weighted by atomic mass is 19.4. The van der Waals surface area contributed by atoms with Crippen molar-refractivity contribution >= 4 is 0 Å². The Morgan fingerprint density at radius 2 is 1.38 bits per heavy atom. The molecule has 0 spiro atoms. The fourth-order valence-corrected chi connectivity index (χ4v) is 1.91. The summed E-state index contributed by atoms with van der Waals surface area (Å²) in [7, 11) is 0. The first-order chi connectivity index (χ1) is 7.11. The number of hydrogen-bond acceptors (Lipinski definition) is 1. The Morgan fingerprint density at radius 3 is 1.75 bits per heavy atom. The van der Waals surface area contributed by atoms with Crippen LogP contribution in [0.1, 0.15) is 32.1 Å². The van der Waals surface area contributed by atoms with Crippen LogP contribution in [0.2, 0.25) is 0 Å². The normalized spacial score (nSPS) is 24.2. The molecule has 1 rings (SSSR count). The Balaban J connectivity index is 2.90. The molecule has 1 unspecified atom stereocenters. The zero-order valence-corrected chi connectivity index (χ0v) is 8.33. The average molecular weight is 250 g/mol. The molecule has 1 N–H and O–H groups in total. The highest BCUT2D eigenvalue weighted by molar-refractivity contribution is 5.01. The van der Waals surface area contributed by atoms with E-state index in [0.29, 0.717) is 6.42 Å². The molecular formula is C9H12F6O. The van der Waals surface area contributed by atoms with E-state index in [1.165, 1.54) is 0 Å². The van der Waals surface area contributed by atoms with Crippen molar-refractivity contribution in [2.24, 2.45) is 0 Å². The van der Waals surface area contributed by atoms with Crippen LogP contribution in [-0.2, 0) is 0 Å². The molecule has 0 aromatic carbocycles. The molecule has 7 heteroatoms. The van der Waals surface area contributed by atoms with E-state index in [0.717, 1.165) is 0 Å². The number of rotatable bonds is 2. The molecule has 0 bridgehead atoms. The molecule has 0 aliphatic heterocycles. The van der Waals surface area contributed by atoms with Crippen molar-refractivity contribution in [1.29, 1.82) is 0 Å². The number of halogens is 6. The highest BCUT2D eigenvalue weighted by Crippen LogP contribution is 2.47. The third-order valence-electron chi connectivity index (χ3n) is 2.91. The minimum Gasteiger partial charge on any atom is -0.383 e. The van der Waals surface area contributed by atoms with Crippen LogP contribution in [0, 0.1) is 0 Å². The molecule has 0 radical (unpaired) electrons. The molecule has 0 aromatic heterocycles. The van der Waals surface area contributed by atoms with E-state index in [2.05, 4.69) is 0 Å². The predicted octanol–water partition coefficient (Wildman–Crippen LogP) is 3.22. The molecule has 96 valence electrons. The maximum atomic E-state index is 13.2. The van der Waals surface area contributed by atoms with Crippen molar-refractivity contribution in [2.45, 2.75) is 56.0 Å². The Labute approximate surface area is 88.4 Å². The van der Waals surface area contributed by atoms with Gasteiger partial charge in [0.1, 0.15) is 5.60 Å². The van der Waals surface area contributed by atoms with Crippen molar-refractivity contribution in [3.63, 3.8) is 0 Å². The van der Waals surface area contributed by atoms with Crippen molar-refractivity contribution in [3.05, 3.63) is 0 Å². The smallest absolute Gasteiger partial charge is 0.383 e. The standard InChI is InChI=1S/C9H12F6O/c10-6(9(13,14)15)8(11,12)7(16)4-2-1-3-5-7/h6,16H,1-5H2. The van der Waals surface area contributed by atoms with Crippen LogP contribution in [-0.4, -0.2) is 29.0 Å². The summed E-state index contributed by atoms with van der Waals surface area (Å²) < 4.78 is 74.9. The maximum absolute atomic E-state index is 13.2. The van der Waals surface area contributed by atoms with Gasteiger partial charge in [0, 0.05) is 0 Å². The molecular weight excluding hydrogens is 238 g/mol. The summed E-state index contributed by atoms with van der Waals surface area (Å²) >= 11 is 0. The molecule has 0 aromatic rings. The van der Waals surface area contributed by atoms with Gasteiger partial charge < -0.3 is 5.11 Å². The van der Waals surface area contributed by atoms with Gasteiger partial charge in [-0.25, -0.2) is 4.39 Å². The fraction of sp³-hybridized carbons (Fsp3) is 1.00. The van der Waals surface area contributed by atoms with Crippen LogP contribution < -0.4 is 0 Å². The van der Waals surface area contributed by atoms with Crippen LogP contribution in [0.25, 0.3) is 0 Å². The third kappa shape index (κ3) is 2.28. The summed E-state index contributed by atoms with van der Waals surface area (Å²) in [5, 5.41) is 9.44. The summed E-state index contributed by atoms with van der Waals surface area (Å²) in [6, 6.07) is 0. The van der Waals surface area contributed by atoms with Gasteiger partial charge in [-0.2, -0.15) is 22.0 Å². The molecule has 1 aliphatic carbocycles. The highest BCUT2D eigenvalue weighted by Gasteiger charge is 2.66. The molecule has 1 fully saturated rings. The van der Waals surface area contributed by atoms with E-state index in [-0.39, 0.29) is 12.8 Å². The van der Waals surface area contributed by atoms with Crippen LogP contribution in [0.5, 0.6) is 0 Å². The lowest BCUT2D eigenvalue weighted by Crippen LogP contribution is -2.58. The summed E-state index contributed by atoms with van der Waals surface area (Å²) in [5.41, 5.74) is -2.87. The van der Waals surface area contributed by atoms with Crippen molar-refractivity contribution in [3.8, 4) is 0 Å². The summed E-state index contributed by atoms with van der Waals surface area (Å²) in [6.07, 6.45) is -10.1. The third-order valence-corrected chi connectivity index (χ3v) is 2.91. The first-order valence-corrected chi connectivity index (χ1v) is 4.92. The van der Waals surface area contributed by atoms with Crippen LogP contribution in [0.4, 0.5) is 26.3 Å². The number of hydrogen-bond donors (Lipinski definition) is 1. The quantitative estimate of drug-likeness (QED) is 0.746. The van der Waals surface area contributed by atoms with Gasteiger partial charge in [-0.3, -0.25) is 0 Å². The van der Waals surface area contributed by atoms with Gasteiger partial charge in [0.05, 0.1) is 0 Å². The molecule has 1 aliphatic rings. The minimum absolute atomic E-state index is 0.177. The molecule has 1 nitrogen and oxygen atoms in total. The maximum Gasteiger partial charge on any atom is 0.425 e. The second-order valence-corrected chi connectivity index (χ2v) is 4.12. The minimum atomic E-state index is -5.66. The summed E-state index contributed by atoms with van der Waals surface area (Å²) in [4.78, 5) is 0. The van der Waals surface area contributed by atoms with Gasteiger partial charge in [-0.15, -0.1) is 0 Å². The molecule has 0 heterocycles. The Bertz CT molecular complexity index is 243. The second kappa shape index (κ2) is 4.09. The van der Waals surface area contributed by atoms with E-state index in [1.807, 2.05) is 0 Å². The monoisotopic (exact) mass is 250 g/mol. The van der Waals surface area contributed by atoms with Gasteiger partial charge in [0.15, 0.2) is 0 Å². The predicted molar refractivity (Wildman–Crippen MR) is 43.9 cm³/mol. The first-order valence-electron chi connectivity index (χ1n) is 4.92. The van der Waals surface area contributed by atoms with Crippen LogP contribution in [0.15, 0.2) is 0 Å². The summed E-state index contributed by atoms with van der Waals surface area (Å²) in [5.74, 6) is -4.79. The fourth-order valence-electron chi connectivity index (χ4n) is 1.91. The topological polar surface area (TPSA) is 20.2 Å². The van der Waals surface area contributed by atoms with Gasteiger partial charge >= 0.3 is 12.1 Å². The van der Waals surface area contributed by atoms with Crippen LogP contribution in [0.3, 0.4) is 0 Å². The van der Waals surface area contributed by atoms with E-state index in [4.69, 9.17) is 0 Å². The van der Waals surface area contributed by atoms with E-state index in [1.54, 1.807) is 0 Å². The first kappa shape index (κ1) is 13.6. The molecule has 16 heavy (non-hydrogen) atoms. The SMILES string of the molecule is OC1(C(F)(F)C(F)C(F)(F)F)CCCCC1. The van der Waals surface area contributed by atoms with E-state index in [9.17, 15) is 31.4 Å². The second-order valence-electron chi connectivity index (χ2n) is 4.12. The molecule has 1 saturated carbocycles. The number of alkyl halides is 6. The Kier molecular flexibility index (Phi) is 3.47. The molecule has 0 saturated heterocycles. The Hall–Kier alpha value is -0.460. The largest absolute Gasteiger partial charge is 0.425 e. The molecule has 1 atom stereocenters. The van der Waals surface area contributed by atoms with Crippen molar-refractivity contribution in [2.75, 3.05) is 0 Å². The van der Waals surface area contributed by atoms with Gasteiger partial charge in [0.2, 0.25) is 0 Å².